The zero-order valence-corrected chi connectivity index (χ0v) is 18.2. The Balaban J connectivity index is 1.51. The predicted molar refractivity (Wildman–Crippen MR) is 118 cm³/mol. The van der Waals surface area contributed by atoms with Crippen LogP contribution in [0.4, 0.5) is 10.1 Å². The molecule has 12 heteroatoms. The molecule has 0 spiro atoms. The summed E-state index contributed by atoms with van der Waals surface area (Å²) in [5, 5.41) is 11.2. The van der Waals surface area contributed by atoms with Crippen molar-refractivity contribution in [1.82, 2.24) is 16.0 Å². The maximum atomic E-state index is 13.8. The fourth-order valence-corrected chi connectivity index (χ4v) is 3.88. The van der Waals surface area contributed by atoms with Crippen LogP contribution in [0.15, 0.2) is 42.5 Å². The Bertz CT molecular complexity index is 1010. The molecule has 0 saturated carbocycles. The van der Waals surface area contributed by atoms with Gasteiger partial charge in [-0.05, 0) is 30.3 Å². The number of anilines is 1. The Hall–Kier alpha value is -2.37. The molecule has 3 amide bonds. The van der Waals surface area contributed by atoms with Crippen LogP contribution in [0.2, 0.25) is 10.0 Å². The first kappa shape index (κ1) is 23.3. The van der Waals surface area contributed by atoms with Crippen molar-refractivity contribution in [3.05, 3.63) is 63.9 Å². The molecule has 0 aromatic heterocycles. The third-order valence-electron chi connectivity index (χ3n) is 4.25. The average molecular weight is 486 g/mol. The molecular weight excluding hydrogens is 468 g/mol. The lowest BCUT2D eigenvalue weighted by Gasteiger charge is -2.35. The van der Waals surface area contributed by atoms with Gasteiger partial charge in [0.25, 0.3) is 5.91 Å². The van der Waals surface area contributed by atoms with Crippen LogP contribution in [0.25, 0.3) is 0 Å². The second-order valence-corrected chi connectivity index (χ2v) is 8.41. The zero-order chi connectivity index (χ0) is 22.5. The van der Waals surface area contributed by atoms with Gasteiger partial charge < -0.3 is 21.7 Å². The fraction of sp³-hybridized carbons (Fsp3) is 0.211. The maximum absolute atomic E-state index is 13.8. The highest BCUT2D eigenvalue weighted by molar-refractivity contribution is 8.00. The topological polar surface area (TPSA) is 125 Å². The van der Waals surface area contributed by atoms with E-state index in [-0.39, 0.29) is 17.2 Å². The second-order valence-electron chi connectivity index (χ2n) is 6.50. The van der Waals surface area contributed by atoms with Crippen molar-refractivity contribution in [2.75, 3.05) is 11.1 Å². The van der Waals surface area contributed by atoms with Gasteiger partial charge in [0.1, 0.15) is 17.4 Å². The summed E-state index contributed by atoms with van der Waals surface area (Å²) in [4.78, 5) is 36.8. The van der Waals surface area contributed by atoms with Crippen LogP contribution in [0, 0.1) is 5.82 Å². The Kier molecular flexibility index (Phi) is 7.74. The highest BCUT2D eigenvalue weighted by Gasteiger charge is 2.35. The molecule has 3 unspecified atom stereocenters. The van der Waals surface area contributed by atoms with Gasteiger partial charge in [-0.2, -0.15) is 0 Å². The molecule has 2 aromatic carbocycles. The number of halogens is 3. The second kappa shape index (κ2) is 10.3. The Morgan fingerprint density at radius 3 is 2.58 bits per heavy atom. The van der Waals surface area contributed by atoms with Gasteiger partial charge in [-0.1, -0.05) is 35.3 Å². The summed E-state index contributed by atoms with van der Waals surface area (Å²) in [5.74, 6) is -2.36. The summed E-state index contributed by atoms with van der Waals surface area (Å²) >= 11 is 12.8. The number of nitrogens with one attached hydrogen (secondary N) is 4. The summed E-state index contributed by atoms with van der Waals surface area (Å²) in [6, 6.07) is 8.97. The van der Waals surface area contributed by atoms with Crippen LogP contribution in [0.5, 0.6) is 0 Å². The lowest BCUT2D eigenvalue weighted by atomic mass is 10.1. The van der Waals surface area contributed by atoms with Gasteiger partial charge in [0.05, 0.1) is 27.5 Å². The van der Waals surface area contributed by atoms with Gasteiger partial charge in [0.15, 0.2) is 0 Å². The van der Waals surface area contributed by atoms with Crippen molar-refractivity contribution >= 4 is 58.4 Å². The number of benzene rings is 2. The van der Waals surface area contributed by atoms with Crippen LogP contribution in [-0.4, -0.2) is 41.2 Å². The summed E-state index contributed by atoms with van der Waals surface area (Å²) in [7, 11) is 0. The number of amides is 3. The van der Waals surface area contributed by atoms with Gasteiger partial charge in [-0.15, -0.1) is 11.8 Å². The normalized spacial score (nSPS) is 20.6. The molecule has 0 bridgehead atoms. The van der Waals surface area contributed by atoms with Crippen molar-refractivity contribution in [1.29, 1.82) is 0 Å². The highest BCUT2D eigenvalue weighted by atomic mass is 35.5. The van der Waals surface area contributed by atoms with E-state index in [1.54, 1.807) is 12.1 Å². The molecule has 0 aliphatic carbocycles. The van der Waals surface area contributed by atoms with E-state index >= 15 is 0 Å². The minimum atomic E-state index is -1.12. The minimum Gasteiger partial charge on any atom is -0.338 e. The molecule has 3 rings (SSSR count). The molecule has 8 nitrogen and oxygen atoms in total. The van der Waals surface area contributed by atoms with Crippen LogP contribution in [0.3, 0.4) is 0 Å². The van der Waals surface area contributed by atoms with Gasteiger partial charge in [0, 0.05) is 5.69 Å². The third-order valence-corrected chi connectivity index (χ3v) is 6.00. The van der Waals surface area contributed by atoms with E-state index in [1.807, 2.05) is 0 Å². The molecule has 1 saturated heterocycles. The molecule has 6 N–H and O–H groups in total. The maximum Gasteiger partial charge on any atom is 0.254 e. The van der Waals surface area contributed by atoms with E-state index in [4.69, 9.17) is 28.9 Å². The summed E-state index contributed by atoms with van der Waals surface area (Å²) < 4.78 is 13.8. The van der Waals surface area contributed by atoms with Crippen LogP contribution < -0.4 is 27.0 Å². The van der Waals surface area contributed by atoms with Crippen molar-refractivity contribution in [3.63, 3.8) is 0 Å². The Morgan fingerprint density at radius 1 is 1.16 bits per heavy atom. The number of hydrogen-bond donors (Lipinski definition) is 5. The molecule has 1 aliphatic rings. The number of carbonyl (C=O) groups is 3. The lowest BCUT2D eigenvalue weighted by molar-refractivity contribution is -0.125. The van der Waals surface area contributed by atoms with E-state index in [1.165, 1.54) is 24.3 Å². The van der Waals surface area contributed by atoms with Gasteiger partial charge in [-0.3, -0.25) is 19.7 Å². The van der Waals surface area contributed by atoms with Gasteiger partial charge in [0.2, 0.25) is 11.8 Å². The number of thioether (sulfide) groups is 1. The van der Waals surface area contributed by atoms with E-state index in [0.717, 1.165) is 17.8 Å². The predicted octanol–water partition coefficient (Wildman–Crippen LogP) is 1.89. The van der Waals surface area contributed by atoms with E-state index in [2.05, 4.69) is 21.3 Å². The Morgan fingerprint density at radius 2 is 1.90 bits per heavy atom. The zero-order valence-electron chi connectivity index (χ0n) is 15.8. The number of carbonyl (C=O) groups excluding carboxylic acids is 3. The third kappa shape index (κ3) is 6.08. The van der Waals surface area contributed by atoms with Crippen molar-refractivity contribution < 1.29 is 18.8 Å². The van der Waals surface area contributed by atoms with Crippen LogP contribution in [-0.2, 0) is 9.59 Å². The molecule has 1 heterocycles. The molecule has 1 aliphatic heterocycles. The largest absolute Gasteiger partial charge is 0.338 e. The number of rotatable bonds is 6. The molecule has 0 radical (unpaired) electrons. The average Bonchev–Trinajstić information content (AvgIpc) is 2.72. The highest BCUT2D eigenvalue weighted by Crippen LogP contribution is 2.25. The molecule has 164 valence electrons. The molecular formula is C19H18Cl2FN5O3S. The standard InChI is InChI=1S/C19H18Cl2FN5O3S/c20-11-6-5-9(7-12(11)21)24-14(28)8-31-19-26-16(23)15(18(30)27-19)25-17(29)10-3-1-2-4-13(10)22/h1-7,15-16,19,26H,8,23H2,(H,24,28)(H,25,29)(H,27,30). The monoisotopic (exact) mass is 485 g/mol. The van der Waals surface area contributed by atoms with Gasteiger partial charge >= 0.3 is 0 Å². The summed E-state index contributed by atoms with van der Waals surface area (Å²) in [5.41, 5.74) is 5.58. The van der Waals surface area contributed by atoms with E-state index in [0.29, 0.717) is 15.7 Å². The molecule has 2 aromatic rings. The molecule has 3 atom stereocenters. The van der Waals surface area contributed by atoms with Crippen molar-refractivity contribution in [2.45, 2.75) is 17.7 Å². The van der Waals surface area contributed by atoms with Crippen molar-refractivity contribution in [3.8, 4) is 0 Å². The summed E-state index contributed by atoms with van der Waals surface area (Å²) in [6.45, 7) is 0. The first-order valence-corrected chi connectivity index (χ1v) is 10.8. The fourth-order valence-electron chi connectivity index (χ4n) is 2.73. The molecule has 31 heavy (non-hydrogen) atoms. The first-order valence-electron chi connectivity index (χ1n) is 8.98. The smallest absolute Gasteiger partial charge is 0.254 e. The Labute approximate surface area is 191 Å². The number of nitrogens with two attached hydrogens (primary N) is 1. The van der Waals surface area contributed by atoms with E-state index in [9.17, 15) is 18.8 Å². The lowest BCUT2D eigenvalue weighted by Crippen LogP contribution is -2.70. The van der Waals surface area contributed by atoms with E-state index < -0.39 is 35.3 Å². The van der Waals surface area contributed by atoms with Crippen LogP contribution >= 0.6 is 35.0 Å². The minimum absolute atomic E-state index is 0.00281. The van der Waals surface area contributed by atoms with Crippen LogP contribution in [0.1, 0.15) is 10.4 Å². The summed E-state index contributed by atoms with van der Waals surface area (Å²) in [6.07, 6.45) is -0.944. The SMILES string of the molecule is NC1NC(SCC(=O)Nc2ccc(Cl)c(Cl)c2)NC(=O)C1NC(=O)c1ccccc1F. The van der Waals surface area contributed by atoms with Gasteiger partial charge in [-0.25, -0.2) is 4.39 Å². The first-order chi connectivity index (χ1) is 14.7. The van der Waals surface area contributed by atoms with Crippen molar-refractivity contribution in [2.24, 2.45) is 5.73 Å². The molecule has 1 fully saturated rings. The number of hydrogen-bond acceptors (Lipinski definition) is 6. The quantitative estimate of drug-likeness (QED) is 0.425.